The molecular weight excluding hydrogens is 236 g/mol. The minimum atomic E-state index is 0.381. The van der Waals surface area contributed by atoms with Gasteiger partial charge in [-0.15, -0.1) is 0 Å². The zero-order valence-electron chi connectivity index (χ0n) is 12.2. The smallest absolute Gasteiger partial charge is 0.121 e. The van der Waals surface area contributed by atoms with Gasteiger partial charge in [-0.05, 0) is 51.8 Å². The third-order valence-electron chi connectivity index (χ3n) is 4.91. The van der Waals surface area contributed by atoms with E-state index in [2.05, 4.69) is 29.3 Å². The van der Waals surface area contributed by atoms with Gasteiger partial charge in [-0.2, -0.15) is 0 Å². The number of nitrogens with zero attached hydrogens (tertiary/aromatic N) is 1. The number of aryl methyl sites for hydroxylation is 1. The largest absolute Gasteiger partial charge is 0.465 e. The van der Waals surface area contributed by atoms with Crippen molar-refractivity contribution in [2.45, 2.75) is 57.5 Å². The maximum Gasteiger partial charge on any atom is 0.121 e. The van der Waals surface area contributed by atoms with E-state index in [1.54, 1.807) is 0 Å². The minimum absolute atomic E-state index is 0.381. The Hall–Kier alpha value is -0.800. The lowest BCUT2D eigenvalue weighted by Gasteiger charge is -2.35. The predicted molar refractivity (Wildman–Crippen MR) is 77.3 cm³/mol. The van der Waals surface area contributed by atoms with Crippen molar-refractivity contribution in [2.75, 3.05) is 19.6 Å². The number of nitrogens with one attached hydrogen (secondary N) is 1. The van der Waals surface area contributed by atoms with E-state index >= 15 is 0 Å². The molecule has 1 aliphatic heterocycles. The first-order chi connectivity index (χ1) is 9.19. The molecule has 2 fully saturated rings. The van der Waals surface area contributed by atoms with Gasteiger partial charge in [-0.25, -0.2) is 0 Å². The standard InChI is InChI=1S/C16H26N2O/c1-13-6-7-15(19-13)14(2)18-11-5-10-17-16(12-18)8-3-4-9-16/h6-7,14,17H,3-5,8-12H2,1-2H3. The second-order valence-electron chi connectivity index (χ2n) is 6.36. The van der Waals surface area contributed by atoms with Crippen molar-refractivity contribution < 1.29 is 4.42 Å². The third-order valence-corrected chi connectivity index (χ3v) is 4.91. The van der Waals surface area contributed by atoms with Crippen molar-refractivity contribution in [1.29, 1.82) is 0 Å². The molecule has 1 spiro atoms. The molecule has 1 aromatic rings. The van der Waals surface area contributed by atoms with Crippen LogP contribution in [0, 0.1) is 6.92 Å². The molecular formula is C16H26N2O. The number of rotatable bonds is 2. The lowest BCUT2D eigenvalue weighted by molar-refractivity contribution is 0.150. The summed E-state index contributed by atoms with van der Waals surface area (Å²) in [5, 5.41) is 3.83. The Balaban J connectivity index is 1.75. The maximum atomic E-state index is 5.83. The molecule has 0 radical (unpaired) electrons. The van der Waals surface area contributed by atoms with E-state index in [0.29, 0.717) is 11.6 Å². The van der Waals surface area contributed by atoms with Crippen LogP contribution in [0.1, 0.15) is 56.6 Å². The van der Waals surface area contributed by atoms with Crippen molar-refractivity contribution in [1.82, 2.24) is 10.2 Å². The Kier molecular flexibility index (Phi) is 3.68. The third kappa shape index (κ3) is 2.72. The molecule has 19 heavy (non-hydrogen) atoms. The molecule has 1 saturated carbocycles. The van der Waals surface area contributed by atoms with Crippen molar-refractivity contribution in [3.05, 3.63) is 23.7 Å². The Morgan fingerprint density at radius 2 is 2.05 bits per heavy atom. The van der Waals surface area contributed by atoms with Gasteiger partial charge in [0.25, 0.3) is 0 Å². The van der Waals surface area contributed by atoms with Crippen LogP contribution in [0.5, 0.6) is 0 Å². The number of hydrogen-bond donors (Lipinski definition) is 1. The molecule has 3 rings (SSSR count). The summed E-state index contributed by atoms with van der Waals surface area (Å²) in [5.74, 6) is 2.14. The Morgan fingerprint density at radius 3 is 2.74 bits per heavy atom. The summed E-state index contributed by atoms with van der Waals surface area (Å²) >= 11 is 0. The fraction of sp³-hybridized carbons (Fsp3) is 0.750. The zero-order valence-corrected chi connectivity index (χ0v) is 12.2. The maximum absolute atomic E-state index is 5.83. The molecule has 3 heteroatoms. The van der Waals surface area contributed by atoms with Gasteiger partial charge in [0.15, 0.2) is 0 Å². The summed E-state index contributed by atoms with van der Waals surface area (Å²) in [6.45, 7) is 7.83. The molecule has 0 aromatic carbocycles. The van der Waals surface area contributed by atoms with E-state index in [4.69, 9.17) is 4.42 Å². The highest BCUT2D eigenvalue weighted by atomic mass is 16.3. The summed E-state index contributed by atoms with van der Waals surface area (Å²) < 4.78 is 5.83. The van der Waals surface area contributed by atoms with E-state index in [0.717, 1.165) is 11.5 Å². The molecule has 106 valence electrons. The van der Waals surface area contributed by atoms with Crippen molar-refractivity contribution in [2.24, 2.45) is 0 Å². The molecule has 0 amide bonds. The van der Waals surface area contributed by atoms with Gasteiger partial charge in [0.2, 0.25) is 0 Å². The molecule has 1 aromatic heterocycles. The highest BCUT2D eigenvalue weighted by molar-refractivity contribution is 5.10. The minimum Gasteiger partial charge on any atom is -0.465 e. The van der Waals surface area contributed by atoms with Crippen LogP contribution in [-0.2, 0) is 0 Å². The molecule has 1 atom stereocenters. The van der Waals surface area contributed by atoms with Crippen LogP contribution in [-0.4, -0.2) is 30.1 Å². The van der Waals surface area contributed by atoms with Crippen LogP contribution in [0.4, 0.5) is 0 Å². The fourth-order valence-corrected chi connectivity index (χ4v) is 3.73. The lowest BCUT2D eigenvalue weighted by Crippen LogP contribution is -2.49. The quantitative estimate of drug-likeness (QED) is 0.887. The summed E-state index contributed by atoms with van der Waals surface area (Å²) in [7, 11) is 0. The zero-order chi connectivity index (χ0) is 13.3. The second kappa shape index (κ2) is 5.29. The monoisotopic (exact) mass is 262 g/mol. The summed E-state index contributed by atoms with van der Waals surface area (Å²) in [6.07, 6.45) is 6.69. The summed E-state index contributed by atoms with van der Waals surface area (Å²) in [6, 6.07) is 4.61. The predicted octanol–water partition coefficient (Wildman–Crippen LogP) is 3.26. The second-order valence-corrected chi connectivity index (χ2v) is 6.36. The van der Waals surface area contributed by atoms with Crippen molar-refractivity contribution in [3.8, 4) is 0 Å². The van der Waals surface area contributed by atoms with Crippen molar-refractivity contribution in [3.63, 3.8) is 0 Å². The van der Waals surface area contributed by atoms with Gasteiger partial charge in [0.1, 0.15) is 11.5 Å². The Morgan fingerprint density at radius 1 is 1.26 bits per heavy atom. The van der Waals surface area contributed by atoms with Crippen LogP contribution in [0.2, 0.25) is 0 Å². The average Bonchev–Trinajstić information content (AvgIpc) is 2.96. The first kappa shape index (κ1) is 13.2. The summed E-state index contributed by atoms with van der Waals surface area (Å²) in [4.78, 5) is 2.61. The van der Waals surface area contributed by atoms with Gasteiger partial charge in [0.05, 0.1) is 6.04 Å². The number of hydrogen-bond acceptors (Lipinski definition) is 3. The first-order valence-electron chi connectivity index (χ1n) is 7.74. The average molecular weight is 262 g/mol. The van der Waals surface area contributed by atoms with E-state index in [9.17, 15) is 0 Å². The molecule has 1 unspecified atom stereocenters. The molecule has 3 nitrogen and oxygen atoms in total. The lowest BCUT2D eigenvalue weighted by atomic mass is 9.96. The Bertz CT molecular complexity index is 420. The molecule has 1 N–H and O–H groups in total. The van der Waals surface area contributed by atoms with Crippen LogP contribution in [0.25, 0.3) is 0 Å². The molecule has 2 heterocycles. The van der Waals surface area contributed by atoms with Crippen molar-refractivity contribution >= 4 is 0 Å². The summed E-state index contributed by atoms with van der Waals surface area (Å²) in [5.41, 5.74) is 0.381. The normalized spacial score (nSPS) is 25.6. The molecule has 1 saturated heterocycles. The van der Waals surface area contributed by atoms with E-state index in [-0.39, 0.29) is 0 Å². The fourth-order valence-electron chi connectivity index (χ4n) is 3.73. The highest BCUT2D eigenvalue weighted by Gasteiger charge is 2.37. The van der Waals surface area contributed by atoms with E-state index in [1.807, 2.05) is 6.92 Å². The van der Waals surface area contributed by atoms with E-state index < -0.39 is 0 Å². The molecule has 1 aliphatic carbocycles. The van der Waals surface area contributed by atoms with Gasteiger partial charge >= 0.3 is 0 Å². The molecule has 2 aliphatic rings. The van der Waals surface area contributed by atoms with Crippen LogP contribution in [0.3, 0.4) is 0 Å². The first-order valence-corrected chi connectivity index (χ1v) is 7.74. The topological polar surface area (TPSA) is 28.4 Å². The van der Waals surface area contributed by atoms with Crippen LogP contribution >= 0.6 is 0 Å². The Labute approximate surface area is 116 Å². The van der Waals surface area contributed by atoms with Gasteiger partial charge in [-0.1, -0.05) is 12.8 Å². The molecule has 0 bridgehead atoms. The number of furan rings is 1. The highest BCUT2D eigenvalue weighted by Crippen LogP contribution is 2.34. The van der Waals surface area contributed by atoms with E-state index in [1.165, 1.54) is 51.7 Å². The SMILES string of the molecule is Cc1ccc(C(C)N2CCCNC3(CCCC3)C2)o1. The van der Waals surface area contributed by atoms with Gasteiger partial charge in [-0.3, -0.25) is 4.90 Å². The van der Waals surface area contributed by atoms with Crippen LogP contribution in [0.15, 0.2) is 16.5 Å². The van der Waals surface area contributed by atoms with Gasteiger partial charge < -0.3 is 9.73 Å². The van der Waals surface area contributed by atoms with Crippen LogP contribution < -0.4 is 5.32 Å². The van der Waals surface area contributed by atoms with Gasteiger partial charge in [0, 0.05) is 18.6 Å².